The summed E-state index contributed by atoms with van der Waals surface area (Å²) < 4.78 is 7.15. The van der Waals surface area contributed by atoms with Crippen molar-refractivity contribution in [3.63, 3.8) is 0 Å². The second-order valence-corrected chi connectivity index (χ2v) is 6.95. The predicted molar refractivity (Wildman–Crippen MR) is 104 cm³/mol. The molecule has 4 nitrogen and oxygen atoms in total. The van der Waals surface area contributed by atoms with Gasteiger partial charge in [-0.1, -0.05) is 41.6 Å². The number of hydrogen-bond donors (Lipinski definition) is 0. The molecule has 0 radical (unpaired) electrons. The van der Waals surface area contributed by atoms with Gasteiger partial charge in [-0.2, -0.15) is 0 Å². The molecule has 3 rings (SSSR count). The van der Waals surface area contributed by atoms with Crippen LogP contribution in [0.5, 0.6) is 0 Å². The van der Waals surface area contributed by atoms with Crippen molar-refractivity contribution in [1.29, 1.82) is 0 Å². The summed E-state index contributed by atoms with van der Waals surface area (Å²) in [5, 5.41) is 1.34. The third-order valence-corrected chi connectivity index (χ3v) is 4.90. The van der Waals surface area contributed by atoms with Crippen LogP contribution in [0.1, 0.15) is 18.1 Å². The molecule has 3 aromatic rings. The first-order valence-electron chi connectivity index (χ1n) is 8.41. The summed E-state index contributed by atoms with van der Waals surface area (Å²) in [7, 11) is 0. The lowest BCUT2D eigenvalue weighted by molar-refractivity contribution is 0.164. The van der Waals surface area contributed by atoms with Crippen LogP contribution in [-0.2, 0) is 4.74 Å². The molecule has 2 aromatic carbocycles. The van der Waals surface area contributed by atoms with Gasteiger partial charge in [-0.15, -0.1) is 0 Å². The van der Waals surface area contributed by atoms with Crippen LogP contribution in [0.2, 0.25) is 0 Å². The fourth-order valence-electron chi connectivity index (χ4n) is 2.81. The number of rotatable bonds is 6. The van der Waals surface area contributed by atoms with Crippen LogP contribution < -0.4 is 5.56 Å². The monoisotopic (exact) mass is 354 g/mol. The molecule has 0 bridgehead atoms. The Kier molecular flexibility index (Phi) is 5.56. The van der Waals surface area contributed by atoms with Crippen molar-refractivity contribution >= 4 is 22.7 Å². The average molecular weight is 354 g/mol. The van der Waals surface area contributed by atoms with E-state index in [4.69, 9.17) is 9.72 Å². The van der Waals surface area contributed by atoms with Crippen molar-refractivity contribution in [2.45, 2.75) is 25.9 Å². The van der Waals surface area contributed by atoms with Crippen LogP contribution >= 0.6 is 11.8 Å². The predicted octanol–water partition coefficient (Wildman–Crippen LogP) is 4.13. The van der Waals surface area contributed by atoms with Gasteiger partial charge in [0.2, 0.25) is 0 Å². The SMILES string of the molecule is CCOCCSc1nc2ccccc2c(=O)n1-c1ccc(C)cc1C. The highest BCUT2D eigenvalue weighted by Crippen LogP contribution is 2.23. The number of hydrogen-bond acceptors (Lipinski definition) is 4. The molecule has 0 N–H and O–H groups in total. The lowest BCUT2D eigenvalue weighted by Crippen LogP contribution is -2.22. The van der Waals surface area contributed by atoms with Gasteiger partial charge in [-0.3, -0.25) is 9.36 Å². The van der Waals surface area contributed by atoms with Crippen LogP contribution in [-0.4, -0.2) is 28.5 Å². The summed E-state index contributed by atoms with van der Waals surface area (Å²) in [5.74, 6) is 0.754. The molecule has 0 aliphatic rings. The Bertz CT molecular complexity index is 950. The first kappa shape index (κ1) is 17.7. The molecule has 0 spiro atoms. The number of fused-ring (bicyclic) bond motifs is 1. The maximum Gasteiger partial charge on any atom is 0.266 e. The van der Waals surface area contributed by atoms with Gasteiger partial charge in [0.05, 0.1) is 23.2 Å². The standard InChI is InChI=1S/C20H22N2O2S/c1-4-24-11-12-25-20-21-17-8-6-5-7-16(17)19(23)22(20)18-10-9-14(2)13-15(18)3/h5-10,13H,4,11-12H2,1-3H3. The molecule has 0 amide bonds. The van der Waals surface area contributed by atoms with Gasteiger partial charge >= 0.3 is 0 Å². The zero-order valence-corrected chi connectivity index (χ0v) is 15.6. The molecular weight excluding hydrogens is 332 g/mol. The second-order valence-electron chi connectivity index (χ2n) is 5.89. The quantitative estimate of drug-likeness (QED) is 0.379. The maximum atomic E-state index is 13.2. The number of ether oxygens (including phenoxy) is 1. The Morgan fingerprint density at radius 1 is 1.16 bits per heavy atom. The van der Waals surface area contributed by atoms with E-state index in [2.05, 4.69) is 13.0 Å². The third-order valence-electron chi connectivity index (χ3n) is 4.00. The van der Waals surface area contributed by atoms with Gasteiger partial charge in [0, 0.05) is 12.4 Å². The van der Waals surface area contributed by atoms with Crippen molar-refractivity contribution in [2.24, 2.45) is 0 Å². The van der Waals surface area contributed by atoms with Crippen molar-refractivity contribution < 1.29 is 4.74 Å². The van der Waals surface area contributed by atoms with E-state index in [1.165, 1.54) is 5.56 Å². The number of para-hydroxylation sites is 1. The Morgan fingerprint density at radius 3 is 2.72 bits per heavy atom. The van der Waals surface area contributed by atoms with E-state index in [1.807, 2.05) is 50.2 Å². The Morgan fingerprint density at radius 2 is 1.96 bits per heavy atom. The van der Waals surface area contributed by atoms with Gasteiger partial charge in [-0.25, -0.2) is 4.98 Å². The normalized spacial score (nSPS) is 11.2. The zero-order chi connectivity index (χ0) is 17.8. The largest absolute Gasteiger partial charge is 0.381 e. The summed E-state index contributed by atoms with van der Waals surface area (Å²) in [6, 6.07) is 13.6. The van der Waals surface area contributed by atoms with Crippen LogP contribution in [0.4, 0.5) is 0 Å². The molecule has 0 unspecified atom stereocenters. The molecule has 0 aliphatic heterocycles. The van der Waals surface area contributed by atoms with Crippen molar-refractivity contribution in [3.8, 4) is 5.69 Å². The minimum atomic E-state index is -0.0311. The van der Waals surface area contributed by atoms with Gasteiger partial charge in [0.25, 0.3) is 5.56 Å². The summed E-state index contributed by atoms with van der Waals surface area (Å²) in [6.07, 6.45) is 0. The third kappa shape index (κ3) is 3.78. The minimum Gasteiger partial charge on any atom is -0.381 e. The summed E-state index contributed by atoms with van der Waals surface area (Å²) >= 11 is 1.55. The highest BCUT2D eigenvalue weighted by Gasteiger charge is 2.14. The molecule has 1 heterocycles. The molecule has 5 heteroatoms. The van der Waals surface area contributed by atoms with Gasteiger partial charge in [0.1, 0.15) is 0 Å². The number of aromatic nitrogens is 2. The van der Waals surface area contributed by atoms with E-state index >= 15 is 0 Å². The molecule has 0 aliphatic carbocycles. The van der Waals surface area contributed by atoms with E-state index in [0.717, 1.165) is 22.5 Å². The first-order chi connectivity index (χ1) is 12.1. The molecule has 0 saturated heterocycles. The smallest absolute Gasteiger partial charge is 0.266 e. The molecular formula is C20H22N2O2S. The lowest BCUT2D eigenvalue weighted by Gasteiger charge is -2.15. The number of aryl methyl sites for hydroxylation is 2. The number of thioether (sulfide) groups is 1. The Hall–Kier alpha value is -2.11. The fraction of sp³-hybridized carbons (Fsp3) is 0.300. The van der Waals surface area contributed by atoms with E-state index in [9.17, 15) is 4.79 Å². The highest BCUT2D eigenvalue weighted by molar-refractivity contribution is 7.99. The Balaban J connectivity index is 2.16. The van der Waals surface area contributed by atoms with Gasteiger partial charge < -0.3 is 4.74 Å². The zero-order valence-electron chi connectivity index (χ0n) is 14.8. The molecule has 25 heavy (non-hydrogen) atoms. The van der Waals surface area contributed by atoms with E-state index in [-0.39, 0.29) is 5.56 Å². The van der Waals surface area contributed by atoms with Crippen molar-refractivity contribution in [2.75, 3.05) is 19.0 Å². The van der Waals surface area contributed by atoms with E-state index < -0.39 is 0 Å². The fourth-order valence-corrected chi connectivity index (χ4v) is 3.67. The minimum absolute atomic E-state index is 0.0311. The average Bonchev–Trinajstić information content (AvgIpc) is 2.60. The lowest BCUT2D eigenvalue weighted by atomic mass is 10.1. The van der Waals surface area contributed by atoms with E-state index in [0.29, 0.717) is 23.8 Å². The highest BCUT2D eigenvalue weighted by atomic mass is 32.2. The first-order valence-corrected chi connectivity index (χ1v) is 9.40. The number of benzene rings is 2. The topological polar surface area (TPSA) is 44.1 Å². The van der Waals surface area contributed by atoms with Crippen LogP contribution in [0, 0.1) is 13.8 Å². The van der Waals surface area contributed by atoms with Crippen LogP contribution in [0.15, 0.2) is 52.4 Å². The summed E-state index contributed by atoms with van der Waals surface area (Å²) in [4.78, 5) is 17.9. The second kappa shape index (κ2) is 7.85. The van der Waals surface area contributed by atoms with Crippen LogP contribution in [0.3, 0.4) is 0 Å². The molecule has 130 valence electrons. The Labute approximate surface area is 151 Å². The molecule has 0 atom stereocenters. The van der Waals surface area contributed by atoms with E-state index in [1.54, 1.807) is 16.3 Å². The van der Waals surface area contributed by atoms with Crippen molar-refractivity contribution in [1.82, 2.24) is 9.55 Å². The molecule has 1 aromatic heterocycles. The van der Waals surface area contributed by atoms with Crippen molar-refractivity contribution in [3.05, 3.63) is 63.9 Å². The van der Waals surface area contributed by atoms with Gasteiger partial charge in [-0.05, 0) is 44.5 Å². The summed E-state index contributed by atoms with van der Waals surface area (Å²) in [6.45, 7) is 7.38. The van der Waals surface area contributed by atoms with Crippen LogP contribution in [0.25, 0.3) is 16.6 Å². The molecule has 0 saturated carbocycles. The maximum absolute atomic E-state index is 13.2. The summed E-state index contributed by atoms with van der Waals surface area (Å²) in [5.41, 5.74) is 3.82. The number of nitrogens with zero attached hydrogens (tertiary/aromatic N) is 2. The molecule has 0 fully saturated rings. The van der Waals surface area contributed by atoms with Gasteiger partial charge in [0.15, 0.2) is 5.16 Å².